The van der Waals surface area contributed by atoms with Gasteiger partial charge < -0.3 is 5.32 Å². The maximum Gasteiger partial charge on any atom is 0.217 e. The Labute approximate surface area is 101 Å². The summed E-state index contributed by atoms with van der Waals surface area (Å²) in [7, 11) is 0. The highest BCUT2D eigenvalue weighted by Gasteiger charge is 2.41. The number of halogens is 1. The molecule has 0 spiro atoms. The summed E-state index contributed by atoms with van der Waals surface area (Å²) in [4.78, 5) is 7.52. The van der Waals surface area contributed by atoms with Crippen LogP contribution in [0.15, 0.2) is 12.4 Å². The summed E-state index contributed by atoms with van der Waals surface area (Å²) < 4.78 is 13.0. The SMILES string of the molecule is CC(Nc1cc(F)ncn1)C1CC2CCC1C2. The molecule has 17 heavy (non-hydrogen) atoms. The Hall–Kier alpha value is -1.19. The van der Waals surface area contributed by atoms with E-state index in [9.17, 15) is 4.39 Å². The van der Waals surface area contributed by atoms with Crippen molar-refractivity contribution in [2.24, 2.45) is 17.8 Å². The lowest BCUT2D eigenvalue weighted by Crippen LogP contribution is -2.30. The van der Waals surface area contributed by atoms with Gasteiger partial charge in [0.05, 0.1) is 0 Å². The Morgan fingerprint density at radius 1 is 1.35 bits per heavy atom. The minimum Gasteiger partial charge on any atom is -0.367 e. The molecule has 92 valence electrons. The molecule has 1 aromatic heterocycles. The maximum atomic E-state index is 13.0. The molecule has 0 radical (unpaired) electrons. The second-order valence-corrected chi connectivity index (χ2v) is 5.50. The molecule has 0 aliphatic heterocycles. The minimum atomic E-state index is -0.470. The van der Waals surface area contributed by atoms with Crippen molar-refractivity contribution in [2.45, 2.75) is 38.6 Å². The van der Waals surface area contributed by atoms with Crippen molar-refractivity contribution in [1.82, 2.24) is 9.97 Å². The fraction of sp³-hybridized carbons (Fsp3) is 0.692. The molecule has 4 unspecified atom stereocenters. The topological polar surface area (TPSA) is 37.8 Å². The second kappa shape index (κ2) is 4.24. The van der Waals surface area contributed by atoms with Gasteiger partial charge in [-0.05, 0) is 43.9 Å². The standard InChI is InChI=1S/C13H18FN3/c1-8(11-5-9-2-3-10(11)4-9)17-13-6-12(14)15-7-16-13/h6-11H,2-5H2,1H3,(H,15,16,17). The highest BCUT2D eigenvalue weighted by atomic mass is 19.1. The molecule has 4 heteroatoms. The van der Waals surface area contributed by atoms with Crippen LogP contribution >= 0.6 is 0 Å². The van der Waals surface area contributed by atoms with Crippen molar-refractivity contribution in [3.05, 3.63) is 18.3 Å². The molecule has 0 aromatic carbocycles. The van der Waals surface area contributed by atoms with Gasteiger partial charge in [0.25, 0.3) is 0 Å². The van der Waals surface area contributed by atoms with E-state index in [1.165, 1.54) is 38.1 Å². The van der Waals surface area contributed by atoms with Crippen molar-refractivity contribution in [2.75, 3.05) is 5.32 Å². The predicted molar refractivity (Wildman–Crippen MR) is 64.0 cm³/mol. The average Bonchev–Trinajstić information content (AvgIpc) is 2.90. The third kappa shape index (κ3) is 2.13. The smallest absolute Gasteiger partial charge is 0.217 e. The number of nitrogens with one attached hydrogen (secondary N) is 1. The van der Waals surface area contributed by atoms with Crippen LogP contribution in [0.5, 0.6) is 0 Å². The number of hydrogen-bond acceptors (Lipinski definition) is 3. The monoisotopic (exact) mass is 235 g/mol. The normalized spacial score (nSPS) is 32.7. The van der Waals surface area contributed by atoms with E-state index in [0.717, 1.165) is 17.8 Å². The zero-order valence-corrected chi connectivity index (χ0v) is 10.1. The predicted octanol–water partition coefficient (Wildman–Crippen LogP) is 2.85. The van der Waals surface area contributed by atoms with Crippen LogP contribution in [-0.2, 0) is 0 Å². The fourth-order valence-electron chi connectivity index (χ4n) is 3.66. The van der Waals surface area contributed by atoms with Gasteiger partial charge in [-0.3, -0.25) is 0 Å². The lowest BCUT2D eigenvalue weighted by Gasteiger charge is -2.28. The second-order valence-electron chi connectivity index (χ2n) is 5.50. The van der Waals surface area contributed by atoms with E-state index < -0.39 is 5.95 Å². The van der Waals surface area contributed by atoms with E-state index in [0.29, 0.717) is 11.9 Å². The summed E-state index contributed by atoms with van der Waals surface area (Å²) in [6.07, 6.45) is 6.78. The van der Waals surface area contributed by atoms with E-state index >= 15 is 0 Å². The number of anilines is 1. The Balaban J connectivity index is 1.65. The highest BCUT2D eigenvalue weighted by Crippen LogP contribution is 2.49. The molecule has 2 saturated carbocycles. The number of rotatable bonds is 3. The molecule has 1 aromatic rings. The van der Waals surface area contributed by atoms with Gasteiger partial charge in [-0.15, -0.1) is 0 Å². The number of nitrogens with zero attached hydrogens (tertiary/aromatic N) is 2. The molecule has 2 aliphatic carbocycles. The molecule has 3 nitrogen and oxygen atoms in total. The first-order valence-electron chi connectivity index (χ1n) is 6.46. The largest absolute Gasteiger partial charge is 0.367 e. The van der Waals surface area contributed by atoms with Crippen LogP contribution in [0.2, 0.25) is 0 Å². The molecule has 0 saturated heterocycles. The van der Waals surface area contributed by atoms with Crippen LogP contribution < -0.4 is 5.32 Å². The average molecular weight is 235 g/mol. The molecule has 2 fully saturated rings. The number of aromatic nitrogens is 2. The van der Waals surface area contributed by atoms with Crippen molar-refractivity contribution in [1.29, 1.82) is 0 Å². The zero-order valence-electron chi connectivity index (χ0n) is 10.1. The van der Waals surface area contributed by atoms with Gasteiger partial charge in [-0.25, -0.2) is 9.97 Å². The molecule has 0 amide bonds. The Bertz CT molecular complexity index is 409. The van der Waals surface area contributed by atoms with E-state index in [4.69, 9.17) is 0 Å². The summed E-state index contributed by atoms with van der Waals surface area (Å²) in [5.41, 5.74) is 0. The van der Waals surface area contributed by atoms with Crippen molar-refractivity contribution < 1.29 is 4.39 Å². The van der Waals surface area contributed by atoms with Gasteiger partial charge in [0.2, 0.25) is 5.95 Å². The molecular formula is C13H18FN3. The lowest BCUT2D eigenvalue weighted by atomic mass is 9.84. The van der Waals surface area contributed by atoms with Gasteiger partial charge in [0.1, 0.15) is 12.1 Å². The van der Waals surface area contributed by atoms with E-state index in [1.54, 1.807) is 0 Å². The Morgan fingerprint density at radius 3 is 2.88 bits per heavy atom. The molecule has 1 heterocycles. The van der Waals surface area contributed by atoms with Crippen LogP contribution in [0.4, 0.5) is 10.2 Å². The van der Waals surface area contributed by atoms with Crippen LogP contribution in [0.1, 0.15) is 32.6 Å². The Morgan fingerprint density at radius 2 is 2.24 bits per heavy atom. The first-order valence-corrected chi connectivity index (χ1v) is 6.46. The van der Waals surface area contributed by atoms with Gasteiger partial charge in [-0.2, -0.15) is 4.39 Å². The summed E-state index contributed by atoms with van der Waals surface area (Å²) in [5.74, 6) is 2.67. The zero-order chi connectivity index (χ0) is 11.8. The van der Waals surface area contributed by atoms with Gasteiger partial charge >= 0.3 is 0 Å². The Kier molecular flexibility index (Phi) is 2.73. The summed E-state index contributed by atoms with van der Waals surface area (Å²) in [5, 5.41) is 3.32. The molecule has 2 bridgehead atoms. The van der Waals surface area contributed by atoms with Crippen LogP contribution in [0, 0.1) is 23.7 Å². The minimum absolute atomic E-state index is 0.375. The van der Waals surface area contributed by atoms with Crippen LogP contribution in [0.25, 0.3) is 0 Å². The number of fused-ring (bicyclic) bond motifs is 2. The first-order chi connectivity index (χ1) is 8.22. The quantitative estimate of drug-likeness (QED) is 0.819. The lowest BCUT2D eigenvalue weighted by molar-refractivity contribution is 0.304. The van der Waals surface area contributed by atoms with E-state index in [-0.39, 0.29) is 0 Å². The van der Waals surface area contributed by atoms with Crippen LogP contribution in [0.3, 0.4) is 0 Å². The van der Waals surface area contributed by atoms with E-state index in [2.05, 4.69) is 22.2 Å². The molecule has 2 aliphatic rings. The first kappa shape index (κ1) is 10.9. The van der Waals surface area contributed by atoms with Gasteiger partial charge in [-0.1, -0.05) is 6.42 Å². The third-order valence-electron chi connectivity index (χ3n) is 4.44. The molecular weight excluding hydrogens is 217 g/mol. The maximum absolute atomic E-state index is 13.0. The van der Waals surface area contributed by atoms with Crippen molar-refractivity contribution in [3.63, 3.8) is 0 Å². The highest BCUT2D eigenvalue weighted by molar-refractivity contribution is 5.33. The van der Waals surface area contributed by atoms with Crippen LogP contribution in [-0.4, -0.2) is 16.0 Å². The number of hydrogen-bond donors (Lipinski definition) is 1. The summed E-state index contributed by atoms with van der Waals surface area (Å²) in [6, 6.07) is 1.74. The van der Waals surface area contributed by atoms with Crippen molar-refractivity contribution >= 4 is 5.82 Å². The van der Waals surface area contributed by atoms with Crippen molar-refractivity contribution in [3.8, 4) is 0 Å². The molecule has 3 rings (SSSR count). The van der Waals surface area contributed by atoms with Gasteiger partial charge in [0, 0.05) is 12.1 Å². The fourth-order valence-corrected chi connectivity index (χ4v) is 3.66. The molecule has 1 N–H and O–H groups in total. The summed E-state index contributed by atoms with van der Waals surface area (Å²) in [6.45, 7) is 2.19. The van der Waals surface area contributed by atoms with Gasteiger partial charge in [0.15, 0.2) is 0 Å². The van der Waals surface area contributed by atoms with E-state index in [1.807, 2.05) is 0 Å². The summed E-state index contributed by atoms with van der Waals surface area (Å²) >= 11 is 0. The third-order valence-corrected chi connectivity index (χ3v) is 4.44. The molecule has 4 atom stereocenters.